The Bertz CT molecular complexity index is 533. The van der Waals surface area contributed by atoms with Gasteiger partial charge in [-0.25, -0.2) is 0 Å². The molecule has 1 heterocycles. The molecule has 1 atom stereocenters. The quantitative estimate of drug-likeness (QED) is 0.875. The van der Waals surface area contributed by atoms with Crippen LogP contribution in [0, 0.1) is 5.92 Å². The Kier molecular flexibility index (Phi) is 4.93. The molecule has 2 rings (SSSR count). The fourth-order valence-corrected chi connectivity index (χ4v) is 2.91. The number of carbonyl (C=O) groups excluding carboxylic acids is 1. The Hall–Kier alpha value is -1.08. The third kappa shape index (κ3) is 3.77. The van der Waals surface area contributed by atoms with E-state index in [1.165, 1.54) is 17.0 Å². The van der Waals surface area contributed by atoms with E-state index < -0.39 is 17.6 Å². The molecule has 1 saturated heterocycles. The van der Waals surface area contributed by atoms with E-state index in [2.05, 4.69) is 15.9 Å². The van der Waals surface area contributed by atoms with Crippen LogP contribution in [0.25, 0.3) is 0 Å². The van der Waals surface area contributed by atoms with E-state index in [1.54, 1.807) is 0 Å². The van der Waals surface area contributed by atoms with Gasteiger partial charge in [0, 0.05) is 17.6 Å². The number of amides is 1. The zero-order valence-electron chi connectivity index (χ0n) is 11.3. The van der Waals surface area contributed by atoms with E-state index >= 15 is 0 Å². The van der Waals surface area contributed by atoms with Crippen molar-refractivity contribution in [3.63, 3.8) is 0 Å². The van der Waals surface area contributed by atoms with Crippen LogP contribution in [0.3, 0.4) is 0 Å². The highest BCUT2D eigenvalue weighted by atomic mass is 79.9. The van der Waals surface area contributed by atoms with Crippen LogP contribution in [-0.2, 0) is 6.18 Å². The molecule has 1 fully saturated rings. The number of piperidine rings is 1. The first-order valence-electron chi connectivity index (χ1n) is 6.69. The average Bonchev–Trinajstić information content (AvgIpc) is 2.45. The van der Waals surface area contributed by atoms with E-state index in [0.29, 0.717) is 24.1 Å². The van der Waals surface area contributed by atoms with Crippen LogP contribution >= 0.6 is 15.9 Å². The third-order valence-electron chi connectivity index (χ3n) is 3.66. The summed E-state index contributed by atoms with van der Waals surface area (Å²) < 4.78 is 39.6. The zero-order valence-corrected chi connectivity index (χ0v) is 12.9. The minimum atomic E-state index is -4.56. The van der Waals surface area contributed by atoms with Gasteiger partial charge in [0.1, 0.15) is 0 Å². The highest BCUT2D eigenvalue weighted by Gasteiger charge is 2.37. The molecule has 116 valence electrons. The molecular formula is C14H16BrF3N2O. The molecule has 3 nitrogen and oxygen atoms in total. The lowest BCUT2D eigenvalue weighted by Crippen LogP contribution is -2.42. The fraction of sp³-hybridized carbons (Fsp3) is 0.500. The van der Waals surface area contributed by atoms with Gasteiger partial charge in [-0.3, -0.25) is 4.79 Å². The van der Waals surface area contributed by atoms with Crippen LogP contribution in [0.5, 0.6) is 0 Å². The van der Waals surface area contributed by atoms with Crippen molar-refractivity contribution in [1.29, 1.82) is 0 Å². The summed E-state index contributed by atoms with van der Waals surface area (Å²) in [7, 11) is 0. The summed E-state index contributed by atoms with van der Waals surface area (Å²) in [6.07, 6.45) is -2.88. The largest absolute Gasteiger partial charge is 0.417 e. The zero-order chi connectivity index (χ0) is 15.6. The lowest BCUT2D eigenvalue weighted by molar-refractivity contribution is -0.138. The number of likely N-dealkylation sites (tertiary alicyclic amines) is 1. The number of benzene rings is 1. The van der Waals surface area contributed by atoms with E-state index in [0.717, 1.165) is 18.9 Å². The van der Waals surface area contributed by atoms with Crippen LogP contribution in [0.2, 0.25) is 0 Å². The summed E-state index contributed by atoms with van der Waals surface area (Å²) in [5.74, 6) is -0.416. The van der Waals surface area contributed by atoms with Crippen molar-refractivity contribution in [2.24, 2.45) is 11.7 Å². The molecule has 1 aliphatic rings. The maximum atomic E-state index is 13.1. The molecule has 0 bridgehead atoms. The summed E-state index contributed by atoms with van der Waals surface area (Å²) in [6, 6.07) is 3.62. The SMILES string of the molecule is NCC1CCCN(C(=O)c2ccc(Br)cc2C(F)(F)F)C1. The van der Waals surface area contributed by atoms with E-state index in [4.69, 9.17) is 5.73 Å². The Morgan fingerprint density at radius 2 is 2.14 bits per heavy atom. The normalized spacial score (nSPS) is 19.7. The lowest BCUT2D eigenvalue weighted by Gasteiger charge is -2.32. The van der Waals surface area contributed by atoms with Gasteiger partial charge < -0.3 is 10.6 Å². The Morgan fingerprint density at radius 1 is 1.43 bits per heavy atom. The van der Waals surface area contributed by atoms with Crippen molar-refractivity contribution in [3.05, 3.63) is 33.8 Å². The maximum Gasteiger partial charge on any atom is 0.417 e. The molecule has 0 radical (unpaired) electrons. The number of nitrogens with zero attached hydrogens (tertiary/aromatic N) is 1. The van der Waals surface area contributed by atoms with Crippen LogP contribution < -0.4 is 5.73 Å². The predicted molar refractivity (Wildman–Crippen MR) is 76.8 cm³/mol. The first kappa shape index (κ1) is 16.3. The van der Waals surface area contributed by atoms with Crippen LogP contribution in [0.15, 0.2) is 22.7 Å². The molecule has 0 spiro atoms. The van der Waals surface area contributed by atoms with Crippen molar-refractivity contribution in [2.75, 3.05) is 19.6 Å². The number of hydrogen-bond acceptors (Lipinski definition) is 2. The number of carbonyl (C=O) groups is 1. The van der Waals surface area contributed by atoms with Crippen LogP contribution in [-0.4, -0.2) is 30.4 Å². The highest BCUT2D eigenvalue weighted by Crippen LogP contribution is 2.34. The highest BCUT2D eigenvalue weighted by molar-refractivity contribution is 9.10. The first-order chi connectivity index (χ1) is 9.82. The molecule has 0 aromatic heterocycles. The van der Waals surface area contributed by atoms with Crippen molar-refractivity contribution in [2.45, 2.75) is 19.0 Å². The third-order valence-corrected chi connectivity index (χ3v) is 4.15. The maximum absolute atomic E-state index is 13.1. The van der Waals surface area contributed by atoms with Gasteiger partial charge in [-0.1, -0.05) is 15.9 Å². The fourth-order valence-electron chi connectivity index (χ4n) is 2.55. The number of nitrogens with two attached hydrogens (primary N) is 1. The van der Waals surface area contributed by atoms with Crippen molar-refractivity contribution >= 4 is 21.8 Å². The number of alkyl halides is 3. The lowest BCUT2D eigenvalue weighted by atomic mass is 9.97. The average molecular weight is 365 g/mol. The molecule has 1 aromatic carbocycles. The summed E-state index contributed by atoms with van der Waals surface area (Å²) in [5.41, 5.74) is 4.39. The summed E-state index contributed by atoms with van der Waals surface area (Å²) >= 11 is 3.01. The van der Waals surface area contributed by atoms with E-state index in [-0.39, 0.29) is 11.5 Å². The van der Waals surface area contributed by atoms with Crippen LogP contribution in [0.1, 0.15) is 28.8 Å². The summed E-state index contributed by atoms with van der Waals surface area (Å²) in [4.78, 5) is 13.9. The Labute approximate surface area is 129 Å². The molecule has 7 heteroatoms. The van der Waals surface area contributed by atoms with Crippen LogP contribution in [0.4, 0.5) is 13.2 Å². The number of rotatable bonds is 2. The van der Waals surface area contributed by atoms with Gasteiger partial charge in [-0.15, -0.1) is 0 Å². The van der Waals surface area contributed by atoms with E-state index in [1.807, 2.05) is 0 Å². The molecule has 21 heavy (non-hydrogen) atoms. The summed E-state index contributed by atoms with van der Waals surface area (Å²) in [5, 5.41) is 0. The molecule has 1 unspecified atom stereocenters. The monoisotopic (exact) mass is 364 g/mol. The molecule has 1 aliphatic heterocycles. The van der Waals surface area contributed by atoms with Crippen molar-refractivity contribution in [3.8, 4) is 0 Å². The molecule has 1 amide bonds. The number of hydrogen-bond donors (Lipinski definition) is 1. The topological polar surface area (TPSA) is 46.3 Å². The second-order valence-corrected chi connectivity index (χ2v) is 6.10. The minimum absolute atomic E-state index is 0.160. The second kappa shape index (κ2) is 6.36. The van der Waals surface area contributed by atoms with Crippen molar-refractivity contribution < 1.29 is 18.0 Å². The van der Waals surface area contributed by atoms with Gasteiger partial charge in [0.25, 0.3) is 5.91 Å². The smallest absolute Gasteiger partial charge is 0.338 e. The molecule has 1 aromatic rings. The summed E-state index contributed by atoms with van der Waals surface area (Å²) in [6.45, 7) is 1.33. The van der Waals surface area contributed by atoms with Gasteiger partial charge in [0.05, 0.1) is 11.1 Å². The first-order valence-corrected chi connectivity index (χ1v) is 7.48. The van der Waals surface area contributed by atoms with Gasteiger partial charge in [-0.2, -0.15) is 13.2 Å². The predicted octanol–water partition coefficient (Wildman–Crippen LogP) is 3.28. The van der Waals surface area contributed by atoms with Gasteiger partial charge in [-0.05, 0) is 43.5 Å². The second-order valence-electron chi connectivity index (χ2n) is 5.18. The Balaban J connectivity index is 2.31. The molecule has 0 aliphatic carbocycles. The minimum Gasteiger partial charge on any atom is -0.338 e. The van der Waals surface area contributed by atoms with Gasteiger partial charge >= 0.3 is 6.18 Å². The molecular weight excluding hydrogens is 349 g/mol. The van der Waals surface area contributed by atoms with E-state index in [9.17, 15) is 18.0 Å². The van der Waals surface area contributed by atoms with Crippen molar-refractivity contribution in [1.82, 2.24) is 4.90 Å². The van der Waals surface area contributed by atoms with Gasteiger partial charge in [0.15, 0.2) is 0 Å². The standard InChI is InChI=1S/C14H16BrF3N2O/c15-10-3-4-11(12(6-10)14(16,17)18)13(21)20-5-1-2-9(7-19)8-20/h3-4,6,9H,1-2,5,7-8,19H2. The van der Waals surface area contributed by atoms with Gasteiger partial charge in [0.2, 0.25) is 0 Å². The molecule has 2 N–H and O–H groups in total. The number of halogens is 4. The molecule has 0 saturated carbocycles. The Morgan fingerprint density at radius 3 is 2.76 bits per heavy atom.